The van der Waals surface area contributed by atoms with Gasteiger partial charge in [-0.1, -0.05) is 52.5 Å². The topological polar surface area (TPSA) is 70.0 Å². The standard InChI is InChI=1S/C12H14Cl2N2O2S/c1-8-4-9(2)6-10(5-8)11(12(13,14)7-15)16-19(3,17)18/h4-6,11,16H,1-3H3/t11-/m0/s1. The highest BCUT2D eigenvalue weighted by molar-refractivity contribution is 7.88. The molecule has 0 aliphatic rings. The SMILES string of the molecule is Cc1cc(C)cc([C@H](NS(C)(=O)=O)C(Cl)(Cl)C#N)c1. The third kappa shape index (κ3) is 4.66. The van der Waals surface area contributed by atoms with Gasteiger partial charge < -0.3 is 0 Å². The normalized spacial score (nSPS) is 13.9. The molecule has 0 saturated heterocycles. The number of sulfonamides is 1. The van der Waals surface area contributed by atoms with Crippen molar-refractivity contribution < 1.29 is 8.42 Å². The molecule has 7 heteroatoms. The molecule has 1 aromatic carbocycles. The molecular formula is C12H14Cl2N2O2S. The van der Waals surface area contributed by atoms with E-state index in [1.807, 2.05) is 19.9 Å². The van der Waals surface area contributed by atoms with Crippen LogP contribution >= 0.6 is 23.2 Å². The molecule has 0 saturated carbocycles. The zero-order chi connectivity index (χ0) is 14.8. The first-order valence-corrected chi connectivity index (χ1v) is 8.04. The van der Waals surface area contributed by atoms with Crippen molar-refractivity contribution in [3.05, 3.63) is 34.9 Å². The Balaban J connectivity index is 3.36. The van der Waals surface area contributed by atoms with E-state index in [4.69, 9.17) is 28.5 Å². The molecule has 19 heavy (non-hydrogen) atoms. The van der Waals surface area contributed by atoms with Crippen LogP contribution in [-0.2, 0) is 10.0 Å². The minimum Gasteiger partial charge on any atom is -0.213 e. The molecule has 0 radical (unpaired) electrons. The van der Waals surface area contributed by atoms with Gasteiger partial charge in [0.05, 0.1) is 12.3 Å². The van der Waals surface area contributed by atoms with Crippen LogP contribution in [0.1, 0.15) is 22.7 Å². The molecule has 0 amide bonds. The second kappa shape index (κ2) is 5.68. The first-order chi connectivity index (χ1) is 8.55. The molecule has 0 aliphatic heterocycles. The fraction of sp³-hybridized carbons (Fsp3) is 0.417. The van der Waals surface area contributed by atoms with Crippen molar-refractivity contribution in [2.45, 2.75) is 24.2 Å². The van der Waals surface area contributed by atoms with E-state index < -0.39 is 20.4 Å². The van der Waals surface area contributed by atoms with Crippen LogP contribution in [0.25, 0.3) is 0 Å². The molecule has 1 atom stereocenters. The first-order valence-electron chi connectivity index (χ1n) is 5.40. The van der Waals surface area contributed by atoms with Crippen LogP contribution in [0.3, 0.4) is 0 Å². The lowest BCUT2D eigenvalue weighted by Crippen LogP contribution is -2.38. The Morgan fingerprint density at radius 2 is 1.74 bits per heavy atom. The lowest BCUT2D eigenvalue weighted by atomic mass is 10.00. The van der Waals surface area contributed by atoms with Crippen LogP contribution < -0.4 is 4.72 Å². The van der Waals surface area contributed by atoms with Gasteiger partial charge in [0.2, 0.25) is 14.4 Å². The van der Waals surface area contributed by atoms with E-state index >= 15 is 0 Å². The lowest BCUT2D eigenvalue weighted by Gasteiger charge is -2.25. The van der Waals surface area contributed by atoms with E-state index in [2.05, 4.69) is 4.72 Å². The molecule has 0 spiro atoms. The van der Waals surface area contributed by atoms with Crippen molar-refractivity contribution in [1.82, 2.24) is 4.72 Å². The van der Waals surface area contributed by atoms with Gasteiger partial charge in [0.25, 0.3) is 0 Å². The molecule has 104 valence electrons. The minimum absolute atomic E-state index is 0.550. The number of halogens is 2. The quantitative estimate of drug-likeness (QED) is 0.867. The van der Waals surface area contributed by atoms with E-state index in [1.54, 1.807) is 18.2 Å². The van der Waals surface area contributed by atoms with Crippen molar-refractivity contribution in [2.75, 3.05) is 6.26 Å². The number of rotatable bonds is 4. The highest BCUT2D eigenvalue weighted by Crippen LogP contribution is 2.36. The van der Waals surface area contributed by atoms with Gasteiger partial charge >= 0.3 is 0 Å². The summed E-state index contributed by atoms with van der Waals surface area (Å²) >= 11 is 11.8. The first kappa shape index (κ1) is 16.3. The third-order valence-corrected chi connectivity index (χ3v) is 3.69. The summed E-state index contributed by atoms with van der Waals surface area (Å²) < 4.78 is 23.2. The van der Waals surface area contributed by atoms with E-state index in [0.717, 1.165) is 17.4 Å². The molecule has 0 aromatic heterocycles. The number of nitrogens with zero attached hydrogens (tertiary/aromatic N) is 1. The van der Waals surface area contributed by atoms with Gasteiger partial charge in [-0.25, -0.2) is 13.1 Å². The fourth-order valence-corrected chi connectivity index (χ4v) is 3.04. The van der Waals surface area contributed by atoms with E-state index in [9.17, 15) is 8.42 Å². The number of alkyl halides is 2. The summed E-state index contributed by atoms with van der Waals surface area (Å²) in [6.45, 7) is 3.73. The van der Waals surface area contributed by atoms with E-state index in [0.29, 0.717) is 5.56 Å². The number of nitrogens with one attached hydrogen (secondary N) is 1. The van der Waals surface area contributed by atoms with Gasteiger partial charge in [0.1, 0.15) is 6.07 Å². The Hall–Kier alpha value is -0.800. The average Bonchev–Trinajstić information content (AvgIpc) is 2.23. The van der Waals surface area contributed by atoms with Crippen molar-refractivity contribution >= 4 is 33.2 Å². The van der Waals surface area contributed by atoms with Crippen molar-refractivity contribution in [3.8, 4) is 6.07 Å². The fourth-order valence-electron chi connectivity index (χ4n) is 1.81. The Bertz CT molecular complexity index is 601. The molecule has 1 rings (SSSR count). The predicted octanol–water partition coefficient (Wildman–Crippen LogP) is 2.59. The predicted molar refractivity (Wildman–Crippen MR) is 76.7 cm³/mol. The van der Waals surface area contributed by atoms with Crippen LogP contribution in [0.2, 0.25) is 0 Å². The third-order valence-electron chi connectivity index (χ3n) is 2.42. The van der Waals surface area contributed by atoms with Crippen molar-refractivity contribution in [3.63, 3.8) is 0 Å². The summed E-state index contributed by atoms with van der Waals surface area (Å²) in [6.07, 6.45) is 0.990. The average molecular weight is 321 g/mol. The van der Waals surface area contributed by atoms with Crippen LogP contribution in [0.5, 0.6) is 0 Å². The van der Waals surface area contributed by atoms with Crippen LogP contribution in [0.15, 0.2) is 18.2 Å². The van der Waals surface area contributed by atoms with Gasteiger partial charge in [0, 0.05) is 0 Å². The van der Waals surface area contributed by atoms with Gasteiger partial charge in [0.15, 0.2) is 0 Å². The highest BCUT2D eigenvalue weighted by Gasteiger charge is 2.38. The van der Waals surface area contributed by atoms with Gasteiger partial charge in [-0.2, -0.15) is 5.26 Å². The van der Waals surface area contributed by atoms with Gasteiger partial charge in [-0.05, 0) is 19.4 Å². The second-order valence-corrected chi connectivity index (χ2v) is 7.64. The molecule has 1 aromatic rings. The number of aryl methyl sites for hydroxylation is 2. The largest absolute Gasteiger partial charge is 0.223 e. The number of benzene rings is 1. The van der Waals surface area contributed by atoms with Crippen LogP contribution in [0, 0.1) is 25.2 Å². The molecule has 0 aliphatic carbocycles. The Morgan fingerprint density at radius 1 is 1.26 bits per heavy atom. The number of hydrogen-bond acceptors (Lipinski definition) is 3. The summed E-state index contributed by atoms with van der Waals surface area (Å²) in [7, 11) is -3.56. The Labute approximate surface area is 123 Å². The van der Waals surface area contributed by atoms with E-state index in [1.165, 1.54) is 0 Å². The smallest absolute Gasteiger partial charge is 0.213 e. The van der Waals surface area contributed by atoms with Crippen molar-refractivity contribution in [2.24, 2.45) is 0 Å². The summed E-state index contributed by atoms with van der Waals surface area (Å²) in [5.41, 5.74) is 2.41. The molecule has 4 nitrogen and oxygen atoms in total. The monoisotopic (exact) mass is 320 g/mol. The minimum atomic E-state index is -3.56. The molecule has 0 fully saturated rings. The lowest BCUT2D eigenvalue weighted by molar-refractivity contribution is 0.557. The highest BCUT2D eigenvalue weighted by atomic mass is 35.5. The Morgan fingerprint density at radius 3 is 2.11 bits per heavy atom. The zero-order valence-electron chi connectivity index (χ0n) is 10.7. The van der Waals surface area contributed by atoms with Gasteiger partial charge in [-0.15, -0.1) is 0 Å². The maximum atomic E-state index is 11.4. The maximum Gasteiger partial charge on any atom is 0.223 e. The molecule has 0 bridgehead atoms. The van der Waals surface area contributed by atoms with Crippen LogP contribution in [0.4, 0.5) is 0 Å². The maximum absolute atomic E-state index is 11.4. The van der Waals surface area contributed by atoms with Gasteiger partial charge in [-0.3, -0.25) is 0 Å². The van der Waals surface area contributed by atoms with Crippen molar-refractivity contribution in [1.29, 1.82) is 5.26 Å². The second-order valence-electron chi connectivity index (χ2n) is 4.48. The van der Waals surface area contributed by atoms with Crippen LogP contribution in [-0.4, -0.2) is 19.0 Å². The number of hydrogen-bond donors (Lipinski definition) is 1. The summed E-state index contributed by atoms with van der Waals surface area (Å²) in [4.78, 5) is 0. The molecule has 1 N–H and O–H groups in total. The Kier molecular flexibility index (Phi) is 4.86. The van der Waals surface area contributed by atoms with E-state index in [-0.39, 0.29) is 0 Å². The molecular weight excluding hydrogens is 307 g/mol. The summed E-state index contributed by atoms with van der Waals surface area (Å²) in [5, 5.41) is 9.01. The molecule has 0 heterocycles. The molecule has 0 unspecified atom stereocenters. The summed E-state index contributed by atoms with van der Waals surface area (Å²) in [5.74, 6) is 0. The number of nitriles is 1. The zero-order valence-corrected chi connectivity index (χ0v) is 13.1. The summed E-state index contributed by atoms with van der Waals surface area (Å²) in [6, 6.07) is 6.09.